The van der Waals surface area contributed by atoms with Gasteiger partial charge in [0.15, 0.2) is 0 Å². The monoisotopic (exact) mass is 232 g/mol. The third-order valence-electron chi connectivity index (χ3n) is 2.92. The standard InChI is InChI=1S/C14H20N2O/c1-10(2)15-7-6-11-9-16-14-8-12(17-3)4-5-13(11)14/h4-5,8-10,15-16H,6-7H2,1-3H3. The molecule has 0 unspecified atom stereocenters. The van der Waals surface area contributed by atoms with E-state index >= 15 is 0 Å². The summed E-state index contributed by atoms with van der Waals surface area (Å²) >= 11 is 0. The molecule has 3 nitrogen and oxygen atoms in total. The minimum atomic E-state index is 0.542. The van der Waals surface area contributed by atoms with Crippen LogP contribution in [0, 0.1) is 0 Å². The van der Waals surface area contributed by atoms with Crippen LogP contribution in [-0.4, -0.2) is 24.7 Å². The minimum absolute atomic E-state index is 0.542. The number of fused-ring (bicyclic) bond motifs is 1. The summed E-state index contributed by atoms with van der Waals surface area (Å²) in [7, 11) is 1.69. The Bertz CT molecular complexity index is 488. The van der Waals surface area contributed by atoms with Crippen LogP contribution in [-0.2, 0) is 6.42 Å². The highest BCUT2D eigenvalue weighted by Crippen LogP contribution is 2.23. The van der Waals surface area contributed by atoms with Crippen LogP contribution < -0.4 is 10.1 Å². The van der Waals surface area contributed by atoms with E-state index < -0.39 is 0 Å². The van der Waals surface area contributed by atoms with Crippen molar-refractivity contribution in [1.82, 2.24) is 10.3 Å². The average Bonchev–Trinajstić information content (AvgIpc) is 2.71. The maximum Gasteiger partial charge on any atom is 0.120 e. The minimum Gasteiger partial charge on any atom is -0.497 e. The van der Waals surface area contributed by atoms with E-state index in [4.69, 9.17) is 4.74 Å². The van der Waals surface area contributed by atoms with E-state index in [0.29, 0.717) is 6.04 Å². The van der Waals surface area contributed by atoms with Gasteiger partial charge in [-0.05, 0) is 30.7 Å². The van der Waals surface area contributed by atoms with Gasteiger partial charge in [0.1, 0.15) is 5.75 Å². The van der Waals surface area contributed by atoms with Crippen molar-refractivity contribution < 1.29 is 4.74 Å². The largest absolute Gasteiger partial charge is 0.497 e. The first-order valence-electron chi connectivity index (χ1n) is 6.08. The van der Waals surface area contributed by atoms with Gasteiger partial charge in [-0.2, -0.15) is 0 Å². The molecule has 0 aliphatic heterocycles. The first kappa shape index (κ1) is 12.0. The van der Waals surface area contributed by atoms with E-state index in [1.807, 2.05) is 12.1 Å². The van der Waals surface area contributed by atoms with Crippen molar-refractivity contribution in [2.24, 2.45) is 0 Å². The number of aromatic amines is 1. The lowest BCUT2D eigenvalue weighted by atomic mass is 10.1. The maximum atomic E-state index is 5.21. The van der Waals surface area contributed by atoms with Gasteiger partial charge in [-0.3, -0.25) is 0 Å². The van der Waals surface area contributed by atoms with Crippen molar-refractivity contribution in [2.45, 2.75) is 26.3 Å². The molecule has 1 aromatic heterocycles. The van der Waals surface area contributed by atoms with Crippen molar-refractivity contribution in [3.05, 3.63) is 30.0 Å². The van der Waals surface area contributed by atoms with E-state index in [2.05, 4.69) is 36.4 Å². The number of rotatable bonds is 5. The molecule has 17 heavy (non-hydrogen) atoms. The second kappa shape index (κ2) is 5.23. The molecular weight excluding hydrogens is 212 g/mol. The fourth-order valence-electron chi connectivity index (χ4n) is 1.99. The van der Waals surface area contributed by atoms with Crippen LogP contribution in [0.3, 0.4) is 0 Å². The predicted octanol–water partition coefficient (Wildman–Crippen LogP) is 2.72. The molecule has 0 atom stereocenters. The van der Waals surface area contributed by atoms with Crippen molar-refractivity contribution in [3.8, 4) is 5.75 Å². The molecule has 1 heterocycles. The van der Waals surface area contributed by atoms with Gasteiger partial charge in [-0.25, -0.2) is 0 Å². The Kier molecular flexibility index (Phi) is 3.69. The van der Waals surface area contributed by atoms with Crippen LogP contribution in [0.1, 0.15) is 19.4 Å². The van der Waals surface area contributed by atoms with E-state index in [9.17, 15) is 0 Å². The first-order chi connectivity index (χ1) is 8.20. The molecule has 3 heteroatoms. The molecule has 0 aliphatic carbocycles. The molecule has 2 N–H and O–H groups in total. The van der Waals surface area contributed by atoms with E-state index in [0.717, 1.165) is 24.2 Å². The van der Waals surface area contributed by atoms with E-state index in [-0.39, 0.29) is 0 Å². The number of ether oxygens (including phenoxy) is 1. The smallest absolute Gasteiger partial charge is 0.120 e. The molecule has 1 aromatic carbocycles. The molecule has 0 aliphatic rings. The van der Waals surface area contributed by atoms with Gasteiger partial charge in [0, 0.05) is 29.2 Å². The summed E-state index contributed by atoms with van der Waals surface area (Å²) in [5, 5.41) is 4.72. The summed E-state index contributed by atoms with van der Waals surface area (Å²) < 4.78 is 5.21. The molecule has 2 rings (SSSR count). The topological polar surface area (TPSA) is 37.0 Å². The second-order valence-electron chi connectivity index (χ2n) is 4.58. The Morgan fingerprint density at radius 3 is 2.88 bits per heavy atom. The summed E-state index contributed by atoms with van der Waals surface area (Å²) in [6, 6.07) is 6.71. The Balaban J connectivity index is 2.13. The zero-order chi connectivity index (χ0) is 12.3. The highest BCUT2D eigenvalue weighted by Gasteiger charge is 2.04. The average molecular weight is 232 g/mol. The number of hydrogen-bond acceptors (Lipinski definition) is 2. The Labute approximate surface area is 102 Å². The fraction of sp³-hybridized carbons (Fsp3) is 0.429. The van der Waals surface area contributed by atoms with Gasteiger partial charge in [-0.1, -0.05) is 13.8 Å². The molecular formula is C14H20N2O. The van der Waals surface area contributed by atoms with Gasteiger partial charge in [0.05, 0.1) is 7.11 Å². The SMILES string of the molecule is COc1ccc2c(CCNC(C)C)c[nH]c2c1. The summed E-state index contributed by atoms with van der Waals surface area (Å²) in [4.78, 5) is 3.29. The third kappa shape index (κ3) is 2.80. The molecule has 0 fully saturated rings. The van der Waals surface area contributed by atoms with Crippen molar-refractivity contribution in [2.75, 3.05) is 13.7 Å². The van der Waals surface area contributed by atoms with Crippen LogP contribution in [0.25, 0.3) is 10.9 Å². The summed E-state index contributed by atoms with van der Waals surface area (Å²) in [6.07, 6.45) is 3.14. The lowest BCUT2D eigenvalue weighted by Crippen LogP contribution is -2.24. The molecule has 0 spiro atoms. The highest BCUT2D eigenvalue weighted by molar-refractivity contribution is 5.84. The number of aromatic nitrogens is 1. The van der Waals surface area contributed by atoms with E-state index in [1.165, 1.54) is 10.9 Å². The zero-order valence-electron chi connectivity index (χ0n) is 10.7. The van der Waals surface area contributed by atoms with E-state index in [1.54, 1.807) is 7.11 Å². The zero-order valence-corrected chi connectivity index (χ0v) is 10.7. The molecule has 0 radical (unpaired) electrons. The molecule has 92 valence electrons. The molecule has 0 bridgehead atoms. The number of H-pyrrole nitrogens is 1. The number of nitrogens with one attached hydrogen (secondary N) is 2. The lowest BCUT2D eigenvalue weighted by molar-refractivity contribution is 0.415. The lowest BCUT2D eigenvalue weighted by Gasteiger charge is -2.07. The Morgan fingerprint density at radius 2 is 2.18 bits per heavy atom. The molecule has 0 saturated heterocycles. The number of benzene rings is 1. The number of methoxy groups -OCH3 is 1. The van der Waals surface area contributed by atoms with Crippen molar-refractivity contribution in [1.29, 1.82) is 0 Å². The summed E-state index contributed by atoms with van der Waals surface area (Å²) in [6.45, 7) is 5.34. The molecule has 0 saturated carbocycles. The summed E-state index contributed by atoms with van der Waals surface area (Å²) in [5.74, 6) is 0.895. The summed E-state index contributed by atoms with van der Waals surface area (Å²) in [5.41, 5.74) is 2.50. The predicted molar refractivity (Wildman–Crippen MR) is 71.7 cm³/mol. The van der Waals surface area contributed by atoms with Crippen LogP contribution in [0.4, 0.5) is 0 Å². The van der Waals surface area contributed by atoms with Crippen LogP contribution >= 0.6 is 0 Å². The van der Waals surface area contributed by atoms with Gasteiger partial charge >= 0.3 is 0 Å². The maximum absolute atomic E-state index is 5.21. The van der Waals surface area contributed by atoms with Gasteiger partial charge in [0.2, 0.25) is 0 Å². The van der Waals surface area contributed by atoms with Crippen LogP contribution in [0.15, 0.2) is 24.4 Å². The van der Waals surface area contributed by atoms with Crippen molar-refractivity contribution >= 4 is 10.9 Å². The highest BCUT2D eigenvalue weighted by atomic mass is 16.5. The van der Waals surface area contributed by atoms with Crippen molar-refractivity contribution in [3.63, 3.8) is 0 Å². The first-order valence-corrected chi connectivity index (χ1v) is 6.08. The third-order valence-corrected chi connectivity index (χ3v) is 2.92. The number of hydrogen-bond donors (Lipinski definition) is 2. The quantitative estimate of drug-likeness (QED) is 0.831. The molecule has 2 aromatic rings. The van der Waals surface area contributed by atoms with Gasteiger partial charge in [0.25, 0.3) is 0 Å². The molecule has 0 amide bonds. The Morgan fingerprint density at radius 1 is 1.35 bits per heavy atom. The Hall–Kier alpha value is -1.48. The fourth-order valence-corrected chi connectivity index (χ4v) is 1.99. The normalized spacial score (nSPS) is 11.3. The van der Waals surface area contributed by atoms with Crippen LogP contribution in [0.5, 0.6) is 5.75 Å². The van der Waals surface area contributed by atoms with Crippen LogP contribution in [0.2, 0.25) is 0 Å². The van der Waals surface area contributed by atoms with Gasteiger partial charge < -0.3 is 15.0 Å². The second-order valence-corrected chi connectivity index (χ2v) is 4.58. The van der Waals surface area contributed by atoms with Gasteiger partial charge in [-0.15, -0.1) is 0 Å².